The highest BCUT2D eigenvalue weighted by Gasteiger charge is 2.23. The third kappa shape index (κ3) is 3.50. The number of amides is 1. The van der Waals surface area contributed by atoms with Crippen molar-refractivity contribution in [2.75, 3.05) is 18.1 Å². The van der Waals surface area contributed by atoms with Gasteiger partial charge in [0, 0.05) is 17.4 Å². The molecule has 2 N–H and O–H groups in total. The second-order valence-electron chi connectivity index (χ2n) is 5.91. The van der Waals surface area contributed by atoms with E-state index in [1.165, 1.54) is 0 Å². The lowest BCUT2D eigenvalue weighted by Gasteiger charge is -2.21. The van der Waals surface area contributed by atoms with Crippen molar-refractivity contribution in [3.8, 4) is 0 Å². The number of hydrogen-bond donors (Lipinski definition) is 2. The number of sulfone groups is 1. The lowest BCUT2D eigenvalue weighted by molar-refractivity contribution is 0.0947. The third-order valence-corrected chi connectivity index (χ3v) is 6.00. The van der Waals surface area contributed by atoms with Gasteiger partial charge in [-0.3, -0.25) is 4.79 Å². The molecule has 6 heteroatoms. The molecule has 2 aromatic rings. The second kappa shape index (κ2) is 6.12. The molecule has 0 radical (unpaired) electrons. The first-order chi connectivity index (χ1) is 10.5. The molecule has 0 atom stereocenters. The van der Waals surface area contributed by atoms with Crippen LogP contribution < -0.4 is 5.32 Å². The molecule has 2 heterocycles. The van der Waals surface area contributed by atoms with Gasteiger partial charge in [0.15, 0.2) is 0 Å². The van der Waals surface area contributed by atoms with Crippen molar-refractivity contribution in [3.05, 3.63) is 36.0 Å². The predicted octanol–water partition coefficient (Wildman–Crippen LogP) is 2.11. The fourth-order valence-electron chi connectivity index (χ4n) is 2.91. The van der Waals surface area contributed by atoms with E-state index in [9.17, 15) is 13.2 Å². The number of para-hydroxylation sites is 1. The van der Waals surface area contributed by atoms with Gasteiger partial charge in [0.25, 0.3) is 5.91 Å². The number of aromatic amines is 1. The van der Waals surface area contributed by atoms with Gasteiger partial charge in [-0.2, -0.15) is 0 Å². The molecular weight excluding hydrogens is 300 g/mol. The van der Waals surface area contributed by atoms with Gasteiger partial charge in [0.05, 0.1) is 11.5 Å². The smallest absolute Gasteiger partial charge is 0.267 e. The highest BCUT2D eigenvalue weighted by molar-refractivity contribution is 7.91. The van der Waals surface area contributed by atoms with Crippen LogP contribution in [-0.2, 0) is 9.84 Å². The first-order valence-electron chi connectivity index (χ1n) is 7.60. The number of carbonyl (C=O) groups is 1. The summed E-state index contributed by atoms with van der Waals surface area (Å²) in [7, 11) is -2.81. The van der Waals surface area contributed by atoms with Crippen molar-refractivity contribution in [2.45, 2.75) is 19.3 Å². The zero-order chi connectivity index (χ0) is 15.6. The highest BCUT2D eigenvalue weighted by Crippen LogP contribution is 2.21. The average Bonchev–Trinajstić information content (AvgIpc) is 2.93. The van der Waals surface area contributed by atoms with Gasteiger partial charge in [-0.15, -0.1) is 0 Å². The average molecular weight is 320 g/mol. The Kier molecular flexibility index (Phi) is 4.20. The molecule has 0 saturated carbocycles. The summed E-state index contributed by atoms with van der Waals surface area (Å²) >= 11 is 0. The van der Waals surface area contributed by atoms with Crippen LogP contribution in [-0.4, -0.2) is 37.4 Å². The molecule has 1 aromatic carbocycles. The molecule has 22 heavy (non-hydrogen) atoms. The van der Waals surface area contributed by atoms with Crippen molar-refractivity contribution in [1.82, 2.24) is 10.3 Å². The zero-order valence-electron chi connectivity index (χ0n) is 12.3. The minimum absolute atomic E-state index is 0.111. The SMILES string of the molecule is O=C(NCCC1CCS(=O)(=O)CC1)c1cc2ccccc2[nH]1. The molecular formula is C16H20N2O3S. The molecule has 3 rings (SSSR count). The molecule has 1 aliphatic rings. The van der Waals surface area contributed by atoms with E-state index in [2.05, 4.69) is 10.3 Å². The second-order valence-corrected chi connectivity index (χ2v) is 8.21. The summed E-state index contributed by atoms with van der Waals surface area (Å²) in [6, 6.07) is 9.62. The first kappa shape index (κ1) is 15.1. The van der Waals surface area contributed by atoms with E-state index in [-0.39, 0.29) is 17.4 Å². The molecule has 1 aliphatic heterocycles. The van der Waals surface area contributed by atoms with Crippen molar-refractivity contribution in [2.24, 2.45) is 5.92 Å². The molecule has 1 saturated heterocycles. The van der Waals surface area contributed by atoms with E-state index in [1.54, 1.807) is 0 Å². The summed E-state index contributed by atoms with van der Waals surface area (Å²) in [6.07, 6.45) is 2.26. The first-order valence-corrected chi connectivity index (χ1v) is 9.42. The largest absolute Gasteiger partial charge is 0.351 e. The van der Waals surface area contributed by atoms with E-state index >= 15 is 0 Å². The Morgan fingerprint density at radius 1 is 1.23 bits per heavy atom. The van der Waals surface area contributed by atoms with Crippen molar-refractivity contribution >= 4 is 26.6 Å². The Labute approximate surface area is 130 Å². The van der Waals surface area contributed by atoms with Crippen LogP contribution in [0.1, 0.15) is 29.8 Å². The molecule has 118 valence electrons. The molecule has 1 amide bonds. The van der Waals surface area contributed by atoms with Crippen LogP contribution in [0.15, 0.2) is 30.3 Å². The number of H-pyrrole nitrogens is 1. The molecule has 0 bridgehead atoms. The third-order valence-electron chi connectivity index (χ3n) is 4.29. The number of aromatic nitrogens is 1. The fraction of sp³-hybridized carbons (Fsp3) is 0.438. The minimum atomic E-state index is -2.81. The quantitative estimate of drug-likeness (QED) is 0.905. The van der Waals surface area contributed by atoms with E-state index in [1.807, 2.05) is 30.3 Å². The van der Waals surface area contributed by atoms with Crippen LogP contribution in [0.3, 0.4) is 0 Å². The van der Waals surface area contributed by atoms with Crippen LogP contribution in [0.2, 0.25) is 0 Å². The lowest BCUT2D eigenvalue weighted by Crippen LogP contribution is -2.29. The van der Waals surface area contributed by atoms with Gasteiger partial charge in [-0.25, -0.2) is 8.42 Å². The summed E-state index contributed by atoms with van der Waals surface area (Å²) in [5, 5.41) is 3.93. The number of rotatable bonds is 4. The Morgan fingerprint density at radius 2 is 1.95 bits per heavy atom. The number of fused-ring (bicyclic) bond motifs is 1. The van der Waals surface area contributed by atoms with Gasteiger partial charge >= 0.3 is 0 Å². The normalized spacial score (nSPS) is 18.4. The van der Waals surface area contributed by atoms with Crippen LogP contribution in [0, 0.1) is 5.92 Å². The number of nitrogens with one attached hydrogen (secondary N) is 2. The summed E-state index contributed by atoms with van der Waals surface area (Å²) in [5.74, 6) is 0.854. The predicted molar refractivity (Wildman–Crippen MR) is 86.6 cm³/mol. The topological polar surface area (TPSA) is 79.0 Å². The van der Waals surface area contributed by atoms with Crippen LogP contribution in [0.25, 0.3) is 10.9 Å². The van der Waals surface area contributed by atoms with Crippen molar-refractivity contribution in [3.63, 3.8) is 0 Å². The number of hydrogen-bond acceptors (Lipinski definition) is 3. The fourth-order valence-corrected chi connectivity index (χ4v) is 4.50. The molecule has 1 aromatic heterocycles. The van der Waals surface area contributed by atoms with Crippen molar-refractivity contribution < 1.29 is 13.2 Å². The molecule has 0 unspecified atom stereocenters. The Morgan fingerprint density at radius 3 is 2.68 bits per heavy atom. The van der Waals surface area contributed by atoms with E-state index in [0.29, 0.717) is 31.0 Å². The standard InChI is InChI=1S/C16H20N2O3S/c19-16(15-11-13-3-1-2-4-14(13)18-15)17-8-5-12-6-9-22(20,21)10-7-12/h1-4,11-12,18H,5-10H2,(H,17,19). The number of carbonyl (C=O) groups excluding carboxylic acids is 1. The maximum absolute atomic E-state index is 12.1. The number of benzene rings is 1. The summed E-state index contributed by atoms with van der Waals surface area (Å²) < 4.78 is 22.7. The van der Waals surface area contributed by atoms with Gasteiger partial charge in [-0.05, 0) is 37.3 Å². The molecule has 5 nitrogen and oxygen atoms in total. The van der Waals surface area contributed by atoms with E-state index in [4.69, 9.17) is 0 Å². The van der Waals surface area contributed by atoms with Crippen LogP contribution in [0.4, 0.5) is 0 Å². The minimum Gasteiger partial charge on any atom is -0.351 e. The van der Waals surface area contributed by atoms with E-state index < -0.39 is 9.84 Å². The van der Waals surface area contributed by atoms with Gasteiger partial charge in [0.2, 0.25) is 0 Å². The van der Waals surface area contributed by atoms with E-state index in [0.717, 1.165) is 17.3 Å². The lowest BCUT2D eigenvalue weighted by atomic mass is 9.99. The maximum atomic E-state index is 12.1. The highest BCUT2D eigenvalue weighted by atomic mass is 32.2. The molecule has 1 fully saturated rings. The van der Waals surface area contributed by atoms with Crippen molar-refractivity contribution in [1.29, 1.82) is 0 Å². The summed E-state index contributed by atoms with van der Waals surface area (Å²) in [4.78, 5) is 15.2. The van der Waals surface area contributed by atoms with Gasteiger partial charge in [0.1, 0.15) is 15.5 Å². The van der Waals surface area contributed by atoms with Crippen LogP contribution in [0.5, 0.6) is 0 Å². The molecule has 0 spiro atoms. The molecule has 0 aliphatic carbocycles. The summed E-state index contributed by atoms with van der Waals surface area (Å²) in [6.45, 7) is 0.582. The Bertz CT molecular complexity index is 733. The maximum Gasteiger partial charge on any atom is 0.267 e. The Balaban J connectivity index is 1.50. The van der Waals surface area contributed by atoms with Gasteiger partial charge in [-0.1, -0.05) is 18.2 Å². The van der Waals surface area contributed by atoms with Gasteiger partial charge < -0.3 is 10.3 Å². The summed E-state index contributed by atoms with van der Waals surface area (Å²) in [5.41, 5.74) is 1.51. The Hall–Kier alpha value is -1.82. The monoisotopic (exact) mass is 320 g/mol. The van der Waals surface area contributed by atoms with Crippen LogP contribution >= 0.6 is 0 Å². The zero-order valence-corrected chi connectivity index (χ0v) is 13.2.